The summed E-state index contributed by atoms with van der Waals surface area (Å²) in [6.45, 7) is 2.26. The number of hydrogen-bond acceptors (Lipinski definition) is 8. The lowest BCUT2D eigenvalue weighted by Gasteiger charge is -2.14. The minimum Gasteiger partial charge on any atom is -0.497 e. The minimum atomic E-state index is -0.490. The van der Waals surface area contributed by atoms with Crippen molar-refractivity contribution in [1.29, 1.82) is 0 Å². The van der Waals surface area contributed by atoms with Crippen molar-refractivity contribution in [2.45, 2.75) is 23.9 Å². The molecule has 2 N–H and O–H groups in total. The Balaban J connectivity index is 1.31. The van der Waals surface area contributed by atoms with Gasteiger partial charge in [-0.1, -0.05) is 66.4 Å². The van der Waals surface area contributed by atoms with Gasteiger partial charge in [0.25, 0.3) is 5.91 Å². The first-order valence-electron chi connectivity index (χ1n) is 13.0. The van der Waals surface area contributed by atoms with Crippen LogP contribution in [0.15, 0.2) is 101 Å². The first-order valence-corrected chi connectivity index (χ1v) is 13.9. The second kappa shape index (κ2) is 13.0. The molecule has 1 unspecified atom stereocenters. The van der Waals surface area contributed by atoms with E-state index in [0.717, 1.165) is 28.0 Å². The first-order chi connectivity index (χ1) is 20.1. The Morgan fingerprint density at radius 1 is 0.976 bits per heavy atom. The number of hydrazone groups is 1. The Morgan fingerprint density at radius 2 is 1.76 bits per heavy atom. The van der Waals surface area contributed by atoms with Crippen molar-refractivity contribution < 1.29 is 14.3 Å². The van der Waals surface area contributed by atoms with E-state index in [1.54, 1.807) is 26.4 Å². The third-order valence-corrected chi connectivity index (χ3v) is 7.45. The SMILES string of the molecule is COc1ccc(/C=N\NC(=O)C(C)Sc2nnc(CNc3cccc4ccccc34)n2-c2ccccc2)c(OC)c1. The van der Waals surface area contributed by atoms with Crippen molar-refractivity contribution in [1.82, 2.24) is 20.2 Å². The van der Waals surface area contributed by atoms with Crippen molar-refractivity contribution in [2.24, 2.45) is 5.10 Å². The number of fused-ring (bicyclic) bond motifs is 1. The van der Waals surface area contributed by atoms with Crippen LogP contribution in [0.3, 0.4) is 0 Å². The number of thioether (sulfide) groups is 1. The molecular formula is C31H30N6O3S. The Morgan fingerprint density at radius 3 is 2.56 bits per heavy atom. The van der Waals surface area contributed by atoms with E-state index < -0.39 is 5.25 Å². The molecule has 1 heterocycles. The zero-order valence-corrected chi connectivity index (χ0v) is 23.8. The molecule has 0 radical (unpaired) electrons. The number of carbonyl (C=O) groups excluding carboxylic acids is 1. The highest BCUT2D eigenvalue weighted by atomic mass is 32.2. The summed E-state index contributed by atoms with van der Waals surface area (Å²) in [6, 6.07) is 29.6. The maximum Gasteiger partial charge on any atom is 0.253 e. The number of benzene rings is 4. The number of amides is 1. The smallest absolute Gasteiger partial charge is 0.253 e. The van der Waals surface area contributed by atoms with Crippen LogP contribution in [0.1, 0.15) is 18.3 Å². The molecule has 0 saturated heterocycles. The van der Waals surface area contributed by atoms with E-state index in [0.29, 0.717) is 28.8 Å². The average Bonchev–Trinajstić information content (AvgIpc) is 3.42. The maximum atomic E-state index is 12.9. The molecule has 0 saturated carbocycles. The molecule has 9 nitrogen and oxygen atoms in total. The van der Waals surface area contributed by atoms with Crippen molar-refractivity contribution in [3.05, 3.63) is 102 Å². The van der Waals surface area contributed by atoms with Crippen molar-refractivity contribution in [2.75, 3.05) is 19.5 Å². The third kappa shape index (κ3) is 6.50. The van der Waals surface area contributed by atoms with Crippen LogP contribution in [0.4, 0.5) is 5.69 Å². The van der Waals surface area contributed by atoms with Gasteiger partial charge in [-0.25, -0.2) is 5.43 Å². The summed E-state index contributed by atoms with van der Waals surface area (Å²) in [5.74, 6) is 1.72. The molecule has 0 aliphatic carbocycles. The zero-order valence-electron chi connectivity index (χ0n) is 22.9. The van der Waals surface area contributed by atoms with Crippen LogP contribution in [-0.2, 0) is 11.3 Å². The van der Waals surface area contributed by atoms with Gasteiger partial charge in [0.1, 0.15) is 11.5 Å². The topological polar surface area (TPSA) is 103 Å². The van der Waals surface area contributed by atoms with Crippen LogP contribution in [-0.4, -0.2) is 46.4 Å². The molecule has 41 heavy (non-hydrogen) atoms. The highest BCUT2D eigenvalue weighted by Gasteiger charge is 2.21. The van der Waals surface area contributed by atoms with E-state index in [-0.39, 0.29) is 5.91 Å². The first kappa shape index (κ1) is 27.7. The number of aromatic nitrogens is 3. The molecular weight excluding hydrogens is 536 g/mol. The van der Waals surface area contributed by atoms with Crippen LogP contribution in [0.2, 0.25) is 0 Å². The summed E-state index contributed by atoms with van der Waals surface area (Å²) in [4.78, 5) is 12.9. The van der Waals surface area contributed by atoms with Gasteiger partial charge in [-0.3, -0.25) is 9.36 Å². The molecule has 0 aliphatic rings. The van der Waals surface area contributed by atoms with Crippen molar-refractivity contribution in [3.63, 3.8) is 0 Å². The molecule has 0 aliphatic heterocycles. The fourth-order valence-electron chi connectivity index (χ4n) is 4.27. The van der Waals surface area contributed by atoms with E-state index in [9.17, 15) is 4.79 Å². The van der Waals surface area contributed by atoms with Gasteiger partial charge < -0.3 is 14.8 Å². The predicted molar refractivity (Wildman–Crippen MR) is 163 cm³/mol. The Hall–Kier alpha value is -4.83. The molecule has 0 bridgehead atoms. The second-order valence-electron chi connectivity index (χ2n) is 9.05. The molecule has 1 aromatic heterocycles. The second-order valence-corrected chi connectivity index (χ2v) is 10.4. The number of methoxy groups -OCH3 is 2. The van der Waals surface area contributed by atoms with Gasteiger partial charge >= 0.3 is 0 Å². The molecule has 1 amide bonds. The average molecular weight is 567 g/mol. The summed E-state index contributed by atoms with van der Waals surface area (Å²) in [5, 5.41) is 19.0. The van der Waals surface area contributed by atoms with Crippen LogP contribution >= 0.6 is 11.8 Å². The predicted octanol–water partition coefficient (Wildman–Crippen LogP) is 5.68. The molecule has 4 aromatic carbocycles. The molecule has 0 fully saturated rings. The monoisotopic (exact) mass is 566 g/mol. The highest BCUT2D eigenvalue weighted by Crippen LogP contribution is 2.28. The standard InChI is InChI=1S/C31H30N6O3S/c1-21(30(38)35-33-19-23-16-17-25(39-2)18-28(23)40-3)41-31-36-34-29(37(31)24-12-5-4-6-13-24)20-32-27-15-9-11-22-10-7-8-14-26(22)27/h4-19,21,32H,20H2,1-3H3,(H,35,38)/b33-19-. The quantitative estimate of drug-likeness (QED) is 0.120. The lowest BCUT2D eigenvalue weighted by atomic mass is 10.1. The number of para-hydroxylation sites is 1. The molecule has 0 spiro atoms. The number of nitrogens with zero attached hydrogens (tertiary/aromatic N) is 4. The summed E-state index contributed by atoms with van der Waals surface area (Å²) in [7, 11) is 3.16. The lowest BCUT2D eigenvalue weighted by molar-refractivity contribution is -0.120. The van der Waals surface area contributed by atoms with E-state index in [1.165, 1.54) is 18.0 Å². The van der Waals surface area contributed by atoms with Crippen molar-refractivity contribution in [3.8, 4) is 17.2 Å². The summed E-state index contributed by atoms with van der Waals surface area (Å²) in [5.41, 5.74) is 5.25. The summed E-state index contributed by atoms with van der Waals surface area (Å²) in [6.07, 6.45) is 1.54. The zero-order chi connectivity index (χ0) is 28.6. The summed E-state index contributed by atoms with van der Waals surface area (Å²) >= 11 is 1.31. The number of hydrogen-bond donors (Lipinski definition) is 2. The minimum absolute atomic E-state index is 0.267. The number of anilines is 1. The largest absolute Gasteiger partial charge is 0.497 e. The van der Waals surface area contributed by atoms with Crippen LogP contribution in [0, 0.1) is 0 Å². The van der Waals surface area contributed by atoms with Crippen LogP contribution in [0.5, 0.6) is 11.5 Å². The molecule has 1 atom stereocenters. The molecule has 10 heteroatoms. The Labute approximate surface area is 242 Å². The number of carbonyl (C=O) groups is 1. The van der Waals surface area contributed by atoms with E-state index in [2.05, 4.69) is 50.3 Å². The van der Waals surface area contributed by atoms with E-state index in [1.807, 2.05) is 66.1 Å². The fraction of sp³-hybridized carbons (Fsp3) is 0.161. The van der Waals surface area contributed by atoms with Crippen LogP contribution < -0.4 is 20.2 Å². The third-order valence-electron chi connectivity index (χ3n) is 6.41. The summed E-state index contributed by atoms with van der Waals surface area (Å²) < 4.78 is 12.6. The van der Waals surface area contributed by atoms with Crippen LogP contribution in [0.25, 0.3) is 16.5 Å². The van der Waals surface area contributed by atoms with E-state index in [4.69, 9.17) is 9.47 Å². The molecule has 5 rings (SSSR count). The lowest BCUT2D eigenvalue weighted by Crippen LogP contribution is -2.27. The van der Waals surface area contributed by atoms with Gasteiger partial charge in [0.05, 0.1) is 32.2 Å². The van der Waals surface area contributed by atoms with Gasteiger partial charge in [-0.2, -0.15) is 5.10 Å². The Kier molecular flexibility index (Phi) is 8.80. The van der Waals surface area contributed by atoms with Gasteiger partial charge in [0.15, 0.2) is 11.0 Å². The Bertz CT molecular complexity index is 1670. The molecule has 208 valence electrons. The highest BCUT2D eigenvalue weighted by molar-refractivity contribution is 8.00. The number of rotatable bonds is 11. The fourth-order valence-corrected chi connectivity index (χ4v) is 5.15. The normalized spacial score (nSPS) is 11.9. The van der Waals surface area contributed by atoms with Gasteiger partial charge in [-0.05, 0) is 42.6 Å². The van der Waals surface area contributed by atoms with Gasteiger partial charge in [-0.15, -0.1) is 10.2 Å². The van der Waals surface area contributed by atoms with Crippen molar-refractivity contribution >= 4 is 40.3 Å². The van der Waals surface area contributed by atoms with Gasteiger partial charge in [0.2, 0.25) is 0 Å². The van der Waals surface area contributed by atoms with E-state index >= 15 is 0 Å². The maximum absolute atomic E-state index is 12.9. The number of nitrogens with one attached hydrogen (secondary N) is 2. The molecule has 5 aromatic rings. The van der Waals surface area contributed by atoms with Gasteiger partial charge in [0, 0.05) is 28.4 Å². The number of ether oxygens (including phenoxy) is 2.